The van der Waals surface area contributed by atoms with Crippen LogP contribution in [0.3, 0.4) is 0 Å². The number of aromatic amines is 1. The van der Waals surface area contributed by atoms with Crippen LogP contribution < -0.4 is 5.73 Å². The minimum Gasteiger partial charge on any atom is -0.354 e. The molecule has 1 aromatic heterocycles. The summed E-state index contributed by atoms with van der Waals surface area (Å²) in [6.45, 7) is 7.89. The van der Waals surface area contributed by atoms with Gasteiger partial charge in [0, 0.05) is 23.5 Å². The molecule has 3 fully saturated rings. The maximum Gasteiger partial charge on any atom is 0.232 e. The van der Waals surface area contributed by atoms with Gasteiger partial charge in [-0.05, 0) is 86.7 Å². The van der Waals surface area contributed by atoms with Gasteiger partial charge in [0.1, 0.15) is 0 Å². The normalized spacial score (nSPS) is 21.8. The third-order valence-electron chi connectivity index (χ3n) is 7.98. The van der Waals surface area contributed by atoms with Gasteiger partial charge in [0.25, 0.3) is 0 Å². The van der Waals surface area contributed by atoms with Crippen LogP contribution in [-0.4, -0.2) is 34.9 Å². The zero-order valence-electron chi connectivity index (χ0n) is 19.5. The molecule has 2 bridgehead atoms. The maximum atomic E-state index is 13.7. The first-order valence-electron chi connectivity index (χ1n) is 12.1. The molecule has 2 aliphatic heterocycles. The van der Waals surface area contributed by atoms with E-state index in [0.29, 0.717) is 18.5 Å². The third-order valence-corrected chi connectivity index (χ3v) is 7.98. The molecule has 1 atom stereocenters. The number of rotatable bonds is 5. The number of H-pyrrole nitrogens is 1. The molecule has 4 heteroatoms. The summed E-state index contributed by atoms with van der Waals surface area (Å²) < 4.78 is 0. The summed E-state index contributed by atoms with van der Waals surface area (Å²) in [5.41, 5.74) is 11.3. The summed E-state index contributed by atoms with van der Waals surface area (Å²) in [5, 5.41) is 1.18. The Morgan fingerprint density at radius 3 is 2.47 bits per heavy atom. The number of nitrogens with zero attached hydrogens (tertiary/aromatic N) is 1. The molecule has 4 nitrogen and oxygen atoms in total. The maximum absolute atomic E-state index is 13.7. The molecule has 0 radical (unpaired) electrons. The summed E-state index contributed by atoms with van der Waals surface area (Å²) in [6.07, 6.45) is 4.91. The monoisotopic (exact) mass is 429 g/mol. The number of benzene rings is 2. The second-order valence-corrected chi connectivity index (χ2v) is 10.4. The topological polar surface area (TPSA) is 62.1 Å². The van der Waals surface area contributed by atoms with Crippen LogP contribution in [0.15, 0.2) is 48.5 Å². The summed E-state index contributed by atoms with van der Waals surface area (Å²) in [5.74, 6) is 1.18. The number of nitrogens with two attached hydrogens (primary N) is 1. The number of nitrogens with one attached hydrogen (secondary N) is 1. The highest BCUT2D eigenvalue weighted by atomic mass is 16.2. The summed E-state index contributed by atoms with van der Waals surface area (Å²) in [7, 11) is 0. The van der Waals surface area contributed by atoms with Crippen LogP contribution >= 0.6 is 0 Å². The minimum atomic E-state index is -0.556. The lowest BCUT2D eigenvalue weighted by molar-refractivity contribution is -0.144. The molecule has 1 aliphatic carbocycles. The van der Waals surface area contributed by atoms with E-state index in [9.17, 15) is 4.79 Å². The highest BCUT2D eigenvalue weighted by Crippen LogP contribution is 2.40. The molecule has 3 aromatic rings. The highest BCUT2D eigenvalue weighted by molar-refractivity contribution is 5.94. The van der Waals surface area contributed by atoms with Crippen molar-refractivity contribution in [2.45, 2.75) is 63.8 Å². The van der Waals surface area contributed by atoms with E-state index in [4.69, 9.17) is 5.73 Å². The van der Waals surface area contributed by atoms with Gasteiger partial charge in [-0.2, -0.15) is 0 Å². The Balaban J connectivity index is 1.57. The predicted molar refractivity (Wildman–Crippen MR) is 132 cm³/mol. The lowest BCUT2D eigenvalue weighted by atomic mass is 9.76. The Labute approximate surface area is 191 Å². The van der Waals surface area contributed by atoms with Crippen LogP contribution in [0.2, 0.25) is 0 Å². The van der Waals surface area contributed by atoms with Crippen molar-refractivity contribution in [3.8, 4) is 11.3 Å². The van der Waals surface area contributed by atoms with Crippen LogP contribution in [0, 0.1) is 5.92 Å². The number of piperidine rings is 2. The van der Waals surface area contributed by atoms with Crippen molar-refractivity contribution in [1.29, 1.82) is 0 Å². The first kappa shape index (κ1) is 21.3. The lowest BCUT2D eigenvalue weighted by Crippen LogP contribution is -2.55. The van der Waals surface area contributed by atoms with Gasteiger partial charge in [0.2, 0.25) is 5.91 Å². The quantitative estimate of drug-likeness (QED) is 0.556. The fourth-order valence-electron chi connectivity index (χ4n) is 5.86. The first-order chi connectivity index (χ1) is 15.4. The lowest BCUT2D eigenvalue weighted by Gasteiger charge is -2.47. The molecule has 1 amide bonds. The van der Waals surface area contributed by atoms with Crippen molar-refractivity contribution in [3.05, 3.63) is 59.7 Å². The molecule has 6 rings (SSSR count). The Bertz CT molecular complexity index is 1120. The molecule has 3 N–H and O–H groups in total. The van der Waals surface area contributed by atoms with Crippen LogP contribution in [0.25, 0.3) is 22.2 Å². The molecule has 3 heterocycles. The van der Waals surface area contributed by atoms with Crippen molar-refractivity contribution in [2.75, 3.05) is 13.1 Å². The van der Waals surface area contributed by atoms with Gasteiger partial charge in [0.05, 0.1) is 11.1 Å². The molecule has 32 heavy (non-hydrogen) atoms. The number of hydrogen-bond donors (Lipinski definition) is 2. The van der Waals surface area contributed by atoms with E-state index in [0.717, 1.165) is 23.3 Å². The smallest absolute Gasteiger partial charge is 0.232 e. The number of amides is 1. The SMILES string of the molecule is CC(CN)c1c(-c2ccccc2)[nH]c2ccc(C(C)(C)C(=O)N3CC4CCC3CC4)cc12. The number of fused-ring (bicyclic) bond motifs is 4. The van der Waals surface area contributed by atoms with Crippen LogP contribution in [0.1, 0.15) is 63.5 Å². The van der Waals surface area contributed by atoms with Crippen LogP contribution in [0.5, 0.6) is 0 Å². The number of carbonyl (C=O) groups excluding carboxylic acids is 1. The van der Waals surface area contributed by atoms with Crippen LogP contribution in [0.4, 0.5) is 0 Å². The molecule has 3 aliphatic rings. The zero-order chi connectivity index (χ0) is 22.5. The van der Waals surface area contributed by atoms with E-state index >= 15 is 0 Å². The van der Waals surface area contributed by atoms with Crippen molar-refractivity contribution in [1.82, 2.24) is 9.88 Å². The Morgan fingerprint density at radius 2 is 1.84 bits per heavy atom. The molecule has 0 spiro atoms. The fraction of sp³-hybridized carbons (Fsp3) is 0.464. The van der Waals surface area contributed by atoms with E-state index < -0.39 is 5.41 Å². The van der Waals surface area contributed by atoms with Gasteiger partial charge in [-0.15, -0.1) is 0 Å². The Morgan fingerprint density at radius 1 is 1.12 bits per heavy atom. The molecular weight excluding hydrogens is 394 g/mol. The van der Waals surface area contributed by atoms with E-state index in [2.05, 4.69) is 73.1 Å². The molecule has 1 unspecified atom stereocenters. The largest absolute Gasteiger partial charge is 0.354 e. The minimum absolute atomic E-state index is 0.214. The predicted octanol–water partition coefficient (Wildman–Crippen LogP) is 5.58. The van der Waals surface area contributed by atoms with Gasteiger partial charge in [0.15, 0.2) is 0 Å². The Hall–Kier alpha value is -2.59. The van der Waals surface area contributed by atoms with E-state index in [1.807, 2.05) is 6.07 Å². The van der Waals surface area contributed by atoms with Gasteiger partial charge in [-0.25, -0.2) is 0 Å². The van der Waals surface area contributed by atoms with E-state index in [-0.39, 0.29) is 11.8 Å². The fourth-order valence-corrected chi connectivity index (χ4v) is 5.86. The number of aromatic nitrogens is 1. The van der Waals surface area contributed by atoms with Crippen LogP contribution in [-0.2, 0) is 10.2 Å². The standard InChI is InChI=1S/C28H35N3O/c1-18(16-29)25-23-15-21(11-14-24(23)30-26(25)20-7-5-4-6-8-20)28(2,3)27(32)31-17-19-9-12-22(31)13-10-19/h4-8,11,14-15,18-19,22,30H,9-10,12-13,16-17,29H2,1-3H3. The molecule has 1 saturated carbocycles. The molecular formula is C28H35N3O. The highest BCUT2D eigenvalue weighted by Gasteiger charge is 2.42. The average molecular weight is 430 g/mol. The van der Waals surface area contributed by atoms with Gasteiger partial charge >= 0.3 is 0 Å². The zero-order valence-corrected chi connectivity index (χ0v) is 19.5. The van der Waals surface area contributed by atoms with Crippen molar-refractivity contribution in [3.63, 3.8) is 0 Å². The van der Waals surface area contributed by atoms with E-state index in [1.54, 1.807) is 0 Å². The number of hydrogen-bond acceptors (Lipinski definition) is 2. The third kappa shape index (κ3) is 3.45. The van der Waals surface area contributed by atoms with Crippen molar-refractivity contribution >= 4 is 16.8 Å². The molecule has 2 aromatic carbocycles. The average Bonchev–Trinajstić information content (AvgIpc) is 3.23. The second kappa shape index (κ2) is 8.08. The first-order valence-corrected chi connectivity index (χ1v) is 12.1. The van der Waals surface area contributed by atoms with Gasteiger partial charge < -0.3 is 15.6 Å². The Kier molecular flexibility index (Phi) is 5.37. The molecule has 2 saturated heterocycles. The summed E-state index contributed by atoms with van der Waals surface area (Å²) in [6, 6.07) is 17.4. The second-order valence-electron chi connectivity index (χ2n) is 10.4. The van der Waals surface area contributed by atoms with E-state index in [1.165, 1.54) is 42.2 Å². The van der Waals surface area contributed by atoms with Crippen molar-refractivity contribution in [2.24, 2.45) is 11.7 Å². The molecule has 168 valence electrons. The van der Waals surface area contributed by atoms with Gasteiger partial charge in [-0.1, -0.05) is 43.3 Å². The van der Waals surface area contributed by atoms with Gasteiger partial charge in [-0.3, -0.25) is 4.79 Å². The summed E-state index contributed by atoms with van der Waals surface area (Å²) in [4.78, 5) is 19.6. The summed E-state index contributed by atoms with van der Waals surface area (Å²) >= 11 is 0. The number of carbonyl (C=O) groups is 1. The van der Waals surface area contributed by atoms with Crippen molar-refractivity contribution < 1.29 is 4.79 Å².